The zero-order valence-electron chi connectivity index (χ0n) is 10.0. The van der Waals surface area contributed by atoms with Gasteiger partial charge in [-0.05, 0) is 35.2 Å². The molecule has 1 heterocycles. The second kappa shape index (κ2) is 5.36. The van der Waals surface area contributed by atoms with Gasteiger partial charge < -0.3 is 10.2 Å². The molecule has 0 aliphatic heterocycles. The van der Waals surface area contributed by atoms with Gasteiger partial charge in [-0.3, -0.25) is 0 Å². The molecular formula is C13H9NO4S2. The molecule has 0 aliphatic rings. The Hall–Kier alpha value is -2.30. The SMILES string of the molecule is N#C/C(=C/c1ccc(O)c(O)c1)S(=O)(=O)c1cccs1. The van der Waals surface area contributed by atoms with Gasteiger partial charge in [-0.2, -0.15) is 5.26 Å². The van der Waals surface area contributed by atoms with Crippen LogP contribution >= 0.6 is 11.3 Å². The second-order valence-corrected chi connectivity index (χ2v) is 6.90. The molecule has 0 amide bonds. The third kappa shape index (κ3) is 2.66. The number of nitrogens with zero attached hydrogens (tertiary/aromatic N) is 1. The fraction of sp³-hybridized carbons (Fsp3) is 0. The van der Waals surface area contributed by atoms with Gasteiger partial charge in [-0.15, -0.1) is 11.3 Å². The number of hydrogen-bond acceptors (Lipinski definition) is 6. The summed E-state index contributed by atoms with van der Waals surface area (Å²) in [7, 11) is -3.85. The van der Waals surface area contributed by atoms with Crippen molar-refractivity contribution in [3.63, 3.8) is 0 Å². The first kappa shape index (κ1) is 14.1. The van der Waals surface area contributed by atoms with Crippen molar-refractivity contribution in [3.8, 4) is 17.6 Å². The number of phenolic OH excluding ortho intramolecular Hbond substituents is 2. The molecule has 0 saturated heterocycles. The molecule has 0 radical (unpaired) electrons. The summed E-state index contributed by atoms with van der Waals surface area (Å²) >= 11 is 1.02. The first-order chi connectivity index (χ1) is 9.45. The quantitative estimate of drug-likeness (QED) is 0.670. The number of sulfone groups is 1. The van der Waals surface area contributed by atoms with E-state index in [-0.39, 0.29) is 15.7 Å². The van der Waals surface area contributed by atoms with Crippen molar-refractivity contribution in [2.24, 2.45) is 0 Å². The van der Waals surface area contributed by atoms with E-state index in [4.69, 9.17) is 5.26 Å². The van der Waals surface area contributed by atoms with Crippen LogP contribution in [0, 0.1) is 11.3 Å². The Kier molecular flexibility index (Phi) is 3.79. The first-order valence-corrected chi connectivity index (χ1v) is 7.74. The summed E-state index contributed by atoms with van der Waals surface area (Å²) in [4.78, 5) is -0.426. The number of aromatic hydroxyl groups is 2. The molecule has 20 heavy (non-hydrogen) atoms. The van der Waals surface area contributed by atoms with Gasteiger partial charge in [-0.25, -0.2) is 8.42 Å². The molecule has 0 fully saturated rings. The monoisotopic (exact) mass is 307 g/mol. The van der Waals surface area contributed by atoms with E-state index in [9.17, 15) is 18.6 Å². The largest absolute Gasteiger partial charge is 0.504 e. The molecule has 0 atom stereocenters. The Morgan fingerprint density at radius 2 is 2.00 bits per heavy atom. The third-order valence-corrected chi connectivity index (χ3v) is 5.52. The molecule has 2 rings (SSSR count). The van der Waals surface area contributed by atoms with Crippen molar-refractivity contribution in [1.82, 2.24) is 0 Å². The van der Waals surface area contributed by atoms with Gasteiger partial charge >= 0.3 is 0 Å². The summed E-state index contributed by atoms with van der Waals surface area (Å²) in [5.74, 6) is -0.702. The summed E-state index contributed by atoms with van der Waals surface area (Å²) in [6.45, 7) is 0. The number of benzene rings is 1. The minimum atomic E-state index is -3.85. The molecule has 0 bridgehead atoms. The highest BCUT2D eigenvalue weighted by atomic mass is 32.2. The molecule has 1 aromatic heterocycles. The lowest BCUT2D eigenvalue weighted by Crippen LogP contribution is -2.01. The molecule has 0 aliphatic carbocycles. The lowest BCUT2D eigenvalue weighted by atomic mass is 10.2. The predicted molar refractivity (Wildman–Crippen MR) is 74.9 cm³/mol. The molecule has 1 aromatic carbocycles. The minimum absolute atomic E-state index is 0.0771. The van der Waals surface area contributed by atoms with Crippen LogP contribution in [-0.2, 0) is 9.84 Å². The molecule has 7 heteroatoms. The van der Waals surface area contributed by atoms with E-state index in [1.165, 1.54) is 24.3 Å². The van der Waals surface area contributed by atoms with E-state index in [1.54, 1.807) is 17.5 Å². The molecule has 102 valence electrons. The Morgan fingerprint density at radius 3 is 2.55 bits per heavy atom. The zero-order chi connectivity index (χ0) is 14.8. The zero-order valence-corrected chi connectivity index (χ0v) is 11.6. The second-order valence-electron chi connectivity index (χ2n) is 3.80. The molecule has 5 nitrogen and oxygen atoms in total. The van der Waals surface area contributed by atoms with Gasteiger partial charge in [0.15, 0.2) is 16.4 Å². The maximum atomic E-state index is 12.2. The summed E-state index contributed by atoms with van der Waals surface area (Å²) in [5.41, 5.74) is 0.303. The standard InChI is InChI=1S/C13H9NO4S2/c14-8-10(20(17,18)13-2-1-5-19-13)6-9-3-4-11(15)12(16)7-9/h1-7,15-16H/b10-6-. The van der Waals surface area contributed by atoms with E-state index in [0.29, 0.717) is 5.56 Å². The van der Waals surface area contributed by atoms with E-state index in [1.807, 2.05) is 0 Å². The lowest BCUT2D eigenvalue weighted by Gasteiger charge is -2.01. The van der Waals surface area contributed by atoms with Crippen LogP contribution in [0.2, 0.25) is 0 Å². The van der Waals surface area contributed by atoms with Crippen LogP contribution in [0.15, 0.2) is 44.8 Å². The Labute approximate surface area is 119 Å². The smallest absolute Gasteiger partial charge is 0.226 e. The number of nitriles is 1. The van der Waals surface area contributed by atoms with Crippen LogP contribution in [0.25, 0.3) is 6.08 Å². The highest BCUT2D eigenvalue weighted by Crippen LogP contribution is 2.28. The Bertz CT molecular complexity index is 799. The number of rotatable bonds is 3. The van der Waals surface area contributed by atoms with Crippen molar-refractivity contribution in [3.05, 3.63) is 46.2 Å². The third-order valence-electron chi connectivity index (χ3n) is 2.46. The maximum Gasteiger partial charge on any atom is 0.226 e. The Balaban J connectivity index is 2.50. The van der Waals surface area contributed by atoms with Crippen LogP contribution in [0.1, 0.15) is 5.56 Å². The molecule has 2 aromatic rings. The lowest BCUT2D eigenvalue weighted by molar-refractivity contribution is 0.403. The van der Waals surface area contributed by atoms with Crippen molar-refractivity contribution in [2.75, 3.05) is 0 Å². The van der Waals surface area contributed by atoms with Crippen LogP contribution in [0.5, 0.6) is 11.5 Å². The fourth-order valence-electron chi connectivity index (χ4n) is 1.48. The molecule has 0 unspecified atom stereocenters. The van der Waals surface area contributed by atoms with Gasteiger partial charge in [0.1, 0.15) is 10.3 Å². The van der Waals surface area contributed by atoms with Crippen molar-refractivity contribution in [1.29, 1.82) is 5.26 Å². The Morgan fingerprint density at radius 1 is 1.25 bits per heavy atom. The summed E-state index contributed by atoms with van der Waals surface area (Å²) in [5, 5.41) is 29.2. The van der Waals surface area contributed by atoms with Crippen LogP contribution < -0.4 is 0 Å². The normalized spacial score (nSPS) is 12.1. The van der Waals surface area contributed by atoms with Crippen LogP contribution in [0.4, 0.5) is 0 Å². The van der Waals surface area contributed by atoms with Crippen LogP contribution in [0.3, 0.4) is 0 Å². The van der Waals surface area contributed by atoms with E-state index in [2.05, 4.69) is 0 Å². The van der Waals surface area contributed by atoms with Gasteiger partial charge in [0, 0.05) is 0 Å². The van der Waals surface area contributed by atoms with Gasteiger partial charge in [0.25, 0.3) is 0 Å². The van der Waals surface area contributed by atoms with E-state index in [0.717, 1.165) is 17.4 Å². The average molecular weight is 307 g/mol. The van der Waals surface area contributed by atoms with E-state index < -0.39 is 14.7 Å². The van der Waals surface area contributed by atoms with Crippen molar-refractivity contribution >= 4 is 27.3 Å². The highest BCUT2D eigenvalue weighted by molar-refractivity contribution is 7.97. The minimum Gasteiger partial charge on any atom is -0.504 e. The molecule has 0 saturated carbocycles. The fourth-order valence-corrected chi connectivity index (χ4v) is 3.75. The van der Waals surface area contributed by atoms with E-state index >= 15 is 0 Å². The maximum absolute atomic E-state index is 12.2. The number of hydrogen-bond donors (Lipinski definition) is 2. The summed E-state index contributed by atoms with van der Waals surface area (Å²) in [6, 6.07) is 8.44. The average Bonchev–Trinajstić information content (AvgIpc) is 2.94. The van der Waals surface area contributed by atoms with Gasteiger partial charge in [0.05, 0.1) is 0 Å². The van der Waals surface area contributed by atoms with Gasteiger partial charge in [0.2, 0.25) is 9.84 Å². The number of phenols is 2. The first-order valence-electron chi connectivity index (χ1n) is 5.37. The number of thiophene rings is 1. The number of allylic oxidation sites excluding steroid dienone is 1. The summed E-state index contributed by atoms with van der Waals surface area (Å²) in [6.07, 6.45) is 1.15. The topological polar surface area (TPSA) is 98.4 Å². The van der Waals surface area contributed by atoms with Crippen molar-refractivity contribution in [2.45, 2.75) is 4.21 Å². The predicted octanol–water partition coefficient (Wildman–Crippen LogP) is 2.50. The summed E-state index contributed by atoms with van der Waals surface area (Å²) < 4.78 is 24.5. The molecular weight excluding hydrogens is 298 g/mol. The molecule has 2 N–H and O–H groups in total. The van der Waals surface area contributed by atoms with Crippen molar-refractivity contribution < 1.29 is 18.6 Å². The molecule has 0 spiro atoms. The highest BCUT2D eigenvalue weighted by Gasteiger charge is 2.21. The van der Waals surface area contributed by atoms with Gasteiger partial charge in [-0.1, -0.05) is 12.1 Å². The van der Waals surface area contributed by atoms with Crippen LogP contribution in [-0.4, -0.2) is 18.6 Å².